The van der Waals surface area contributed by atoms with Gasteiger partial charge in [-0.1, -0.05) is 24.3 Å². The number of nitrogens with zero attached hydrogens (tertiary/aromatic N) is 2. The average Bonchev–Trinajstić information content (AvgIpc) is 2.95. The van der Waals surface area contributed by atoms with Crippen LogP contribution in [-0.4, -0.2) is 30.6 Å². The van der Waals surface area contributed by atoms with E-state index in [-0.39, 0.29) is 27.9 Å². The molecule has 0 saturated carbocycles. The Morgan fingerprint density at radius 1 is 1.33 bits per heavy atom. The highest BCUT2D eigenvalue weighted by molar-refractivity contribution is 7.94. The maximum Gasteiger partial charge on any atom is 0.291 e. The summed E-state index contributed by atoms with van der Waals surface area (Å²) in [6, 6.07) is 6.60. The van der Waals surface area contributed by atoms with Crippen molar-refractivity contribution in [3.8, 4) is 5.75 Å². The van der Waals surface area contributed by atoms with E-state index in [2.05, 4.69) is 20.2 Å². The highest BCUT2D eigenvalue weighted by Gasteiger charge is 2.21. The van der Waals surface area contributed by atoms with Crippen LogP contribution in [0.25, 0.3) is 0 Å². The van der Waals surface area contributed by atoms with Crippen LogP contribution >= 0.6 is 11.3 Å². The van der Waals surface area contributed by atoms with E-state index in [0.29, 0.717) is 11.4 Å². The van der Waals surface area contributed by atoms with Gasteiger partial charge < -0.3 is 10.1 Å². The third-order valence-corrected chi connectivity index (χ3v) is 5.25. The van der Waals surface area contributed by atoms with Crippen LogP contribution in [0.5, 0.6) is 5.75 Å². The van der Waals surface area contributed by atoms with Gasteiger partial charge in [0.05, 0.1) is 11.8 Å². The molecule has 0 bridgehead atoms. The minimum absolute atomic E-state index is 0.0234. The Morgan fingerprint density at radius 2 is 2.08 bits per heavy atom. The number of aromatic nitrogens is 2. The van der Waals surface area contributed by atoms with Crippen molar-refractivity contribution in [3.05, 3.63) is 24.3 Å². The molecule has 1 heterocycles. The number of hydrogen-bond donors (Lipinski definition) is 2. The lowest BCUT2D eigenvalue weighted by Crippen LogP contribution is -2.13. The summed E-state index contributed by atoms with van der Waals surface area (Å²) in [4.78, 5) is 11.3. The normalized spacial score (nSPS) is 11.3. The molecule has 0 fully saturated rings. The lowest BCUT2D eigenvalue weighted by atomic mass is 10.3. The summed E-state index contributed by atoms with van der Waals surface area (Å²) in [5, 5.41) is 9.89. The van der Waals surface area contributed by atoms with Crippen molar-refractivity contribution in [1.82, 2.24) is 10.2 Å². The molecule has 1 aromatic carbocycles. The van der Waals surface area contributed by atoms with Crippen molar-refractivity contribution in [2.75, 3.05) is 10.0 Å². The van der Waals surface area contributed by atoms with E-state index in [9.17, 15) is 13.2 Å². The zero-order valence-corrected chi connectivity index (χ0v) is 15.1. The van der Waals surface area contributed by atoms with Gasteiger partial charge in [-0.15, -0.1) is 10.2 Å². The van der Waals surface area contributed by atoms with Crippen LogP contribution in [0.2, 0.25) is 0 Å². The quantitative estimate of drug-likeness (QED) is 0.725. The van der Waals surface area contributed by atoms with E-state index in [0.717, 1.165) is 11.3 Å². The third-order valence-electron chi connectivity index (χ3n) is 2.66. The summed E-state index contributed by atoms with van der Waals surface area (Å²) < 4.78 is 32.4. The Kier molecular flexibility index (Phi) is 5.73. The van der Waals surface area contributed by atoms with Gasteiger partial charge in [-0.3, -0.25) is 9.52 Å². The molecule has 130 valence electrons. The summed E-state index contributed by atoms with van der Waals surface area (Å²) in [7, 11) is -3.89. The van der Waals surface area contributed by atoms with Crippen molar-refractivity contribution in [3.63, 3.8) is 0 Å². The number of anilines is 2. The number of rotatable bonds is 7. The fourth-order valence-corrected chi connectivity index (χ4v) is 3.65. The maximum absolute atomic E-state index is 12.3. The van der Waals surface area contributed by atoms with Crippen LogP contribution in [0.4, 0.5) is 10.8 Å². The summed E-state index contributed by atoms with van der Waals surface area (Å²) in [6.45, 7) is 5.44. The highest BCUT2D eigenvalue weighted by Crippen LogP contribution is 2.24. The van der Waals surface area contributed by atoms with Gasteiger partial charge in [0, 0.05) is 12.5 Å². The van der Waals surface area contributed by atoms with Crippen LogP contribution in [-0.2, 0) is 14.8 Å². The first kappa shape index (κ1) is 18.1. The topological polar surface area (TPSA) is 110 Å². The van der Waals surface area contributed by atoms with E-state index >= 15 is 0 Å². The number of ether oxygens (including phenoxy) is 1. The van der Waals surface area contributed by atoms with Gasteiger partial charge in [-0.25, -0.2) is 0 Å². The van der Waals surface area contributed by atoms with Crippen molar-refractivity contribution >= 4 is 38.1 Å². The second-order valence-corrected chi connectivity index (χ2v) is 7.91. The van der Waals surface area contributed by atoms with Gasteiger partial charge in [0.15, 0.2) is 0 Å². The first-order valence-electron chi connectivity index (χ1n) is 7.23. The predicted octanol–water partition coefficient (Wildman–Crippen LogP) is 2.47. The number of hydrogen-bond acceptors (Lipinski definition) is 7. The second-order valence-electron chi connectivity index (χ2n) is 5.07. The van der Waals surface area contributed by atoms with Gasteiger partial charge >= 0.3 is 0 Å². The third kappa shape index (κ3) is 4.90. The first-order chi connectivity index (χ1) is 11.3. The van der Waals surface area contributed by atoms with Crippen LogP contribution in [0.15, 0.2) is 28.6 Å². The summed E-state index contributed by atoms with van der Waals surface area (Å²) in [5.74, 6) is 0.292. The Bertz CT molecular complexity index is 818. The zero-order chi connectivity index (χ0) is 17.7. The van der Waals surface area contributed by atoms with Gasteiger partial charge in [0.25, 0.3) is 14.4 Å². The fourth-order valence-electron chi connectivity index (χ4n) is 1.68. The molecule has 1 amide bonds. The molecule has 0 saturated heterocycles. The Morgan fingerprint density at radius 3 is 2.75 bits per heavy atom. The van der Waals surface area contributed by atoms with Crippen LogP contribution in [0, 0.1) is 0 Å². The predicted molar refractivity (Wildman–Crippen MR) is 91.8 cm³/mol. The lowest BCUT2D eigenvalue weighted by molar-refractivity contribution is -0.115. The average molecular weight is 370 g/mol. The van der Waals surface area contributed by atoms with Gasteiger partial charge in [0.1, 0.15) is 5.75 Å². The second kappa shape index (κ2) is 7.58. The Labute approximate surface area is 144 Å². The molecule has 0 aliphatic heterocycles. The molecular weight excluding hydrogens is 352 g/mol. The standard InChI is InChI=1S/C14H18N4O4S2/c1-4-12(19)15-13-16-17-14(23-13)24(20,21)18-10-6-5-7-11(8-10)22-9(2)3/h5-9,18H,4H2,1-3H3,(H,15,16,19). The number of carbonyl (C=O) groups excluding carboxylic acids is 1. The number of benzene rings is 1. The molecule has 2 N–H and O–H groups in total. The Balaban J connectivity index is 2.15. The molecule has 10 heteroatoms. The van der Waals surface area contributed by atoms with Crippen molar-refractivity contribution in [2.24, 2.45) is 0 Å². The smallest absolute Gasteiger partial charge is 0.291 e. The van der Waals surface area contributed by atoms with Gasteiger partial charge in [0.2, 0.25) is 11.0 Å². The number of sulfonamides is 1. The van der Waals surface area contributed by atoms with Crippen molar-refractivity contribution in [2.45, 2.75) is 37.6 Å². The van der Waals surface area contributed by atoms with Crippen molar-refractivity contribution in [1.29, 1.82) is 0 Å². The number of amides is 1. The molecule has 8 nitrogen and oxygen atoms in total. The minimum atomic E-state index is -3.89. The molecule has 0 spiro atoms. The van der Waals surface area contributed by atoms with E-state index in [1.54, 1.807) is 31.2 Å². The minimum Gasteiger partial charge on any atom is -0.491 e. The molecule has 0 aliphatic carbocycles. The van der Waals surface area contributed by atoms with Gasteiger partial charge in [-0.05, 0) is 26.0 Å². The lowest BCUT2D eigenvalue weighted by Gasteiger charge is -2.11. The van der Waals surface area contributed by atoms with Crippen LogP contribution in [0.1, 0.15) is 27.2 Å². The fraction of sp³-hybridized carbons (Fsp3) is 0.357. The van der Waals surface area contributed by atoms with E-state index in [1.165, 1.54) is 0 Å². The summed E-state index contributed by atoms with van der Waals surface area (Å²) in [5.41, 5.74) is 0.350. The largest absolute Gasteiger partial charge is 0.491 e. The molecule has 2 rings (SSSR count). The van der Waals surface area contributed by atoms with Crippen LogP contribution in [0.3, 0.4) is 0 Å². The first-order valence-corrected chi connectivity index (χ1v) is 9.53. The SMILES string of the molecule is CCC(=O)Nc1nnc(S(=O)(=O)Nc2cccc(OC(C)C)c2)s1. The molecule has 0 aliphatic rings. The maximum atomic E-state index is 12.3. The molecule has 0 atom stereocenters. The van der Waals surface area contributed by atoms with E-state index in [1.807, 2.05) is 13.8 Å². The number of nitrogens with one attached hydrogen (secondary N) is 2. The highest BCUT2D eigenvalue weighted by atomic mass is 32.2. The van der Waals surface area contributed by atoms with Crippen molar-refractivity contribution < 1.29 is 17.9 Å². The Hall–Kier alpha value is -2.20. The summed E-state index contributed by atoms with van der Waals surface area (Å²) in [6.07, 6.45) is 0.243. The van der Waals surface area contributed by atoms with E-state index < -0.39 is 10.0 Å². The monoisotopic (exact) mass is 370 g/mol. The molecule has 1 aromatic heterocycles. The molecule has 24 heavy (non-hydrogen) atoms. The molecule has 0 unspecified atom stereocenters. The zero-order valence-electron chi connectivity index (χ0n) is 13.4. The van der Waals surface area contributed by atoms with Gasteiger partial charge in [-0.2, -0.15) is 8.42 Å². The van der Waals surface area contributed by atoms with Crippen LogP contribution < -0.4 is 14.8 Å². The molecule has 2 aromatic rings. The molecule has 0 radical (unpaired) electrons. The molecular formula is C14H18N4O4S2. The van der Waals surface area contributed by atoms with E-state index in [4.69, 9.17) is 4.74 Å². The number of carbonyl (C=O) groups is 1. The summed E-state index contributed by atoms with van der Waals surface area (Å²) >= 11 is 0.782.